The second-order valence-electron chi connectivity index (χ2n) is 10.4. The van der Waals surface area contributed by atoms with Gasteiger partial charge in [0.1, 0.15) is 0 Å². The van der Waals surface area contributed by atoms with Crippen molar-refractivity contribution < 1.29 is 4.79 Å². The molecule has 1 amide bonds. The zero-order valence-corrected chi connectivity index (χ0v) is 21.1. The van der Waals surface area contributed by atoms with Crippen molar-refractivity contribution in [3.05, 3.63) is 59.8 Å². The van der Waals surface area contributed by atoms with Crippen molar-refractivity contribution in [3.8, 4) is 11.1 Å². The number of benzene rings is 2. The van der Waals surface area contributed by atoms with Crippen molar-refractivity contribution in [2.75, 3.05) is 0 Å². The third kappa shape index (κ3) is 5.50. The van der Waals surface area contributed by atoms with Gasteiger partial charge in [0.15, 0.2) is 0 Å². The van der Waals surface area contributed by atoms with Crippen LogP contribution in [0.3, 0.4) is 0 Å². The van der Waals surface area contributed by atoms with Gasteiger partial charge in [0.2, 0.25) is 0 Å². The standard InChI is InChI=1S/C29H37N3O.ClH/c1-20-6-5-9-22(16-20)23-10-15-28-26(17-23)27(19-32(28)18-21-7-3-2-4-8-21)29(33)31-25-13-11-24(30)12-14-25;/h5-6,9-10,15-17,19,21,24-25H,2-4,7-8,11-14,18,30H2,1H3,(H,31,33);1H. The minimum Gasteiger partial charge on any atom is -0.349 e. The molecule has 2 saturated carbocycles. The van der Waals surface area contributed by atoms with Gasteiger partial charge >= 0.3 is 0 Å². The lowest BCUT2D eigenvalue weighted by Crippen LogP contribution is -2.40. The number of carbonyl (C=O) groups is 1. The van der Waals surface area contributed by atoms with Crippen molar-refractivity contribution in [3.63, 3.8) is 0 Å². The first-order valence-corrected chi connectivity index (χ1v) is 12.8. The summed E-state index contributed by atoms with van der Waals surface area (Å²) >= 11 is 0. The highest BCUT2D eigenvalue weighted by Gasteiger charge is 2.24. The number of nitrogens with zero attached hydrogens (tertiary/aromatic N) is 1. The Labute approximate surface area is 209 Å². The van der Waals surface area contributed by atoms with Crippen LogP contribution in [-0.4, -0.2) is 22.6 Å². The number of rotatable bonds is 5. The minimum atomic E-state index is 0. The van der Waals surface area contributed by atoms with E-state index in [4.69, 9.17) is 5.73 Å². The summed E-state index contributed by atoms with van der Waals surface area (Å²) in [7, 11) is 0. The molecule has 2 aromatic carbocycles. The lowest BCUT2D eigenvalue weighted by atomic mass is 9.89. The Bertz CT molecular complexity index is 1120. The highest BCUT2D eigenvalue weighted by atomic mass is 35.5. The van der Waals surface area contributed by atoms with Crippen LogP contribution in [0.15, 0.2) is 48.7 Å². The third-order valence-corrected chi connectivity index (χ3v) is 7.76. The Morgan fingerprint density at radius 3 is 2.44 bits per heavy atom. The quantitative estimate of drug-likeness (QED) is 0.432. The third-order valence-electron chi connectivity index (χ3n) is 7.76. The highest BCUT2D eigenvalue weighted by Crippen LogP contribution is 2.32. The van der Waals surface area contributed by atoms with E-state index in [2.05, 4.69) is 65.5 Å². The Balaban J connectivity index is 0.00000274. The van der Waals surface area contributed by atoms with E-state index in [1.54, 1.807) is 0 Å². The number of aromatic nitrogens is 1. The van der Waals surface area contributed by atoms with Gasteiger partial charge in [-0.05, 0) is 74.6 Å². The van der Waals surface area contributed by atoms with Crippen LogP contribution >= 0.6 is 12.4 Å². The fourth-order valence-electron chi connectivity index (χ4n) is 5.81. The molecule has 5 heteroatoms. The summed E-state index contributed by atoms with van der Waals surface area (Å²) in [5, 5.41) is 4.39. The van der Waals surface area contributed by atoms with Crippen LogP contribution in [0.2, 0.25) is 0 Å². The number of halogens is 1. The molecule has 0 bridgehead atoms. The van der Waals surface area contributed by atoms with Gasteiger partial charge in [0.25, 0.3) is 5.91 Å². The maximum atomic E-state index is 13.5. The summed E-state index contributed by atoms with van der Waals surface area (Å²) in [6.07, 6.45) is 12.7. The molecular weight excluding hydrogens is 442 g/mol. The Morgan fingerprint density at radius 1 is 0.971 bits per heavy atom. The molecule has 0 radical (unpaired) electrons. The van der Waals surface area contributed by atoms with E-state index in [-0.39, 0.29) is 30.4 Å². The molecule has 0 aliphatic heterocycles. The van der Waals surface area contributed by atoms with Gasteiger partial charge in [0, 0.05) is 35.7 Å². The van der Waals surface area contributed by atoms with Crippen LogP contribution in [0.5, 0.6) is 0 Å². The van der Waals surface area contributed by atoms with E-state index in [9.17, 15) is 4.79 Å². The SMILES string of the molecule is Cc1cccc(-c2ccc3c(c2)c(C(=O)NC2CCC(N)CC2)cn3CC2CCCCC2)c1.Cl. The summed E-state index contributed by atoms with van der Waals surface area (Å²) < 4.78 is 2.34. The van der Waals surface area contributed by atoms with Crippen molar-refractivity contribution in [1.29, 1.82) is 0 Å². The maximum absolute atomic E-state index is 13.5. The molecule has 5 rings (SSSR count). The fourth-order valence-corrected chi connectivity index (χ4v) is 5.81. The second kappa shape index (κ2) is 11.0. The molecule has 1 heterocycles. The predicted octanol–water partition coefficient (Wildman–Crippen LogP) is 6.62. The summed E-state index contributed by atoms with van der Waals surface area (Å²) in [6.45, 7) is 3.13. The first-order valence-electron chi connectivity index (χ1n) is 12.8. The summed E-state index contributed by atoms with van der Waals surface area (Å²) in [6, 6.07) is 15.7. The Kier molecular flexibility index (Phi) is 8.00. The van der Waals surface area contributed by atoms with Crippen molar-refractivity contribution in [1.82, 2.24) is 9.88 Å². The number of hydrogen-bond acceptors (Lipinski definition) is 2. The predicted molar refractivity (Wildman–Crippen MR) is 144 cm³/mol. The molecule has 2 fully saturated rings. The number of aryl methyl sites for hydroxylation is 1. The normalized spacial score (nSPS) is 21.2. The van der Waals surface area contributed by atoms with Gasteiger partial charge in [-0.1, -0.05) is 55.2 Å². The molecule has 2 aliphatic carbocycles. The summed E-state index contributed by atoms with van der Waals surface area (Å²) in [4.78, 5) is 13.5. The molecular formula is C29H38ClN3O. The zero-order valence-electron chi connectivity index (χ0n) is 20.3. The number of nitrogens with one attached hydrogen (secondary N) is 1. The topological polar surface area (TPSA) is 60.1 Å². The lowest BCUT2D eigenvalue weighted by Gasteiger charge is -2.26. The monoisotopic (exact) mass is 479 g/mol. The average Bonchev–Trinajstić information content (AvgIpc) is 3.19. The van der Waals surface area contributed by atoms with Gasteiger partial charge in [-0.15, -0.1) is 12.4 Å². The van der Waals surface area contributed by atoms with Gasteiger partial charge in [-0.3, -0.25) is 4.79 Å². The van der Waals surface area contributed by atoms with Crippen LogP contribution in [-0.2, 0) is 6.54 Å². The van der Waals surface area contributed by atoms with E-state index >= 15 is 0 Å². The number of amides is 1. The molecule has 0 spiro atoms. The number of fused-ring (bicyclic) bond motifs is 1. The van der Waals surface area contributed by atoms with Crippen molar-refractivity contribution in [2.24, 2.45) is 11.7 Å². The molecule has 34 heavy (non-hydrogen) atoms. The molecule has 1 aromatic heterocycles. The first-order chi connectivity index (χ1) is 16.1. The van der Waals surface area contributed by atoms with E-state index < -0.39 is 0 Å². The van der Waals surface area contributed by atoms with Crippen molar-refractivity contribution >= 4 is 29.2 Å². The molecule has 0 saturated heterocycles. The second-order valence-corrected chi connectivity index (χ2v) is 10.4. The van der Waals surface area contributed by atoms with E-state index in [1.165, 1.54) is 54.3 Å². The summed E-state index contributed by atoms with van der Waals surface area (Å²) in [5.74, 6) is 0.769. The van der Waals surface area contributed by atoms with Crippen LogP contribution in [0.4, 0.5) is 0 Å². The number of hydrogen-bond donors (Lipinski definition) is 2. The fraction of sp³-hybridized carbons (Fsp3) is 0.483. The van der Waals surface area contributed by atoms with Gasteiger partial charge in [-0.25, -0.2) is 0 Å². The van der Waals surface area contributed by atoms with E-state index in [0.29, 0.717) is 5.92 Å². The number of carbonyl (C=O) groups excluding carboxylic acids is 1. The number of nitrogens with two attached hydrogens (primary N) is 1. The Morgan fingerprint density at radius 2 is 1.71 bits per heavy atom. The molecule has 3 N–H and O–H groups in total. The smallest absolute Gasteiger partial charge is 0.253 e. The molecule has 4 nitrogen and oxygen atoms in total. The molecule has 3 aromatic rings. The van der Waals surface area contributed by atoms with Crippen LogP contribution in [0.25, 0.3) is 22.0 Å². The van der Waals surface area contributed by atoms with Gasteiger partial charge in [-0.2, -0.15) is 0 Å². The van der Waals surface area contributed by atoms with Crippen molar-refractivity contribution in [2.45, 2.75) is 83.3 Å². The lowest BCUT2D eigenvalue weighted by molar-refractivity contribution is 0.0927. The summed E-state index contributed by atoms with van der Waals surface area (Å²) in [5.41, 5.74) is 11.7. The van der Waals surface area contributed by atoms with Gasteiger partial charge in [0.05, 0.1) is 5.56 Å². The van der Waals surface area contributed by atoms with Gasteiger partial charge < -0.3 is 15.6 Å². The van der Waals surface area contributed by atoms with Crippen LogP contribution in [0.1, 0.15) is 73.7 Å². The molecule has 0 unspecified atom stereocenters. The maximum Gasteiger partial charge on any atom is 0.253 e. The van der Waals surface area contributed by atoms with Crippen LogP contribution in [0, 0.1) is 12.8 Å². The first kappa shape index (κ1) is 24.8. The minimum absolute atomic E-state index is 0. The average molecular weight is 480 g/mol. The van der Waals surface area contributed by atoms with Crippen LogP contribution < -0.4 is 11.1 Å². The molecule has 2 aliphatic rings. The highest BCUT2D eigenvalue weighted by molar-refractivity contribution is 6.08. The van der Waals surface area contributed by atoms with E-state index in [1.807, 2.05) is 0 Å². The molecule has 0 atom stereocenters. The van der Waals surface area contributed by atoms with E-state index in [0.717, 1.165) is 43.2 Å². The zero-order chi connectivity index (χ0) is 22.8. The largest absolute Gasteiger partial charge is 0.349 e. The molecule has 182 valence electrons. The Hall–Kier alpha value is -2.30.